The highest BCUT2D eigenvalue weighted by atomic mass is 16.3. The van der Waals surface area contributed by atoms with Crippen LogP contribution in [0.2, 0.25) is 0 Å². The van der Waals surface area contributed by atoms with Gasteiger partial charge in [0, 0.05) is 23.4 Å². The lowest BCUT2D eigenvalue weighted by Crippen LogP contribution is -2.42. The molecule has 0 fully saturated rings. The molecule has 0 radical (unpaired) electrons. The SMILES string of the molecule is CC(Cc1ccc2ccccc2n1)C(=O)NC(CO)Cc1ccccc1. The molecular weight excluding hydrogens is 324 g/mol. The number of carbonyl (C=O) groups excluding carboxylic acids is 1. The van der Waals surface area contributed by atoms with Gasteiger partial charge in [-0.25, -0.2) is 0 Å². The second-order valence-corrected chi connectivity index (χ2v) is 6.68. The third-order valence-electron chi connectivity index (χ3n) is 4.51. The van der Waals surface area contributed by atoms with E-state index in [0.29, 0.717) is 12.8 Å². The van der Waals surface area contributed by atoms with Crippen molar-refractivity contribution in [2.45, 2.75) is 25.8 Å². The van der Waals surface area contributed by atoms with E-state index in [-0.39, 0.29) is 24.5 Å². The first-order valence-electron chi connectivity index (χ1n) is 8.95. The number of para-hydroxylation sites is 1. The Morgan fingerprint density at radius 3 is 2.50 bits per heavy atom. The van der Waals surface area contributed by atoms with E-state index in [4.69, 9.17) is 0 Å². The Kier molecular flexibility index (Phi) is 5.97. The van der Waals surface area contributed by atoms with Gasteiger partial charge in [0.1, 0.15) is 0 Å². The number of aliphatic hydroxyl groups excluding tert-OH is 1. The fourth-order valence-electron chi connectivity index (χ4n) is 3.03. The van der Waals surface area contributed by atoms with Crippen LogP contribution in [0.5, 0.6) is 0 Å². The average molecular weight is 348 g/mol. The predicted octanol–water partition coefficient (Wildman–Crippen LogP) is 3.13. The van der Waals surface area contributed by atoms with Gasteiger partial charge in [-0.2, -0.15) is 0 Å². The van der Waals surface area contributed by atoms with E-state index >= 15 is 0 Å². The fraction of sp³-hybridized carbons (Fsp3) is 0.273. The van der Waals surface area contributed by atoms with Gasteiger partial charge in [-0.05, 0) is 24.1 Å². The lowest BCUT2D eigenvalue weighted by atomic mass is 10.0. The van der Waals surface area contributed by atoms with Crippen molar-refractivity contribution in [2.75, 3.05) is 6.61 Å². The highest BCUT2D eigenvalue weighted by molar-refractivity contribution is 5.80. The summed E-state index contributed by atoms with van der Waals surface area (Å²) >= 11 is 0. The summed E-state index contributed by atoms with van der Waals surface area (Å²) in [6.07, 6.45) is 1.18. The summed E-state index contributed by atoms with van der Waals surface area (Å²) in [5.74, 6) is -0.275. The van der Waals surface area contributed by atoms with Gasteiger partial charge in [0.25, 0.3) is 0 Å². The van der Waals surface area contributed by atoms with Crippen LogP contribution in [0.4, 0.5) is 0 Å². The molecule has 2 N–H and O–H groups in total. The molecule has 4 nitrogen and oxygen atoms in total. The number of hydrogen-bond acceptors (Lipinski definition) is 3. The summed E-state index contributed by atoms with van der Waals surface area (Å²) in [5.41, 5.74) is 2.93. The molecule has 1 amide bonds. The number of hydrogen-bond donors (Lipinski definition) is 2. The molecule has 3 aromatic rings. The molecule has 0 saturated carbocycles. The molecule has 1 aromatic heterocycles. The minimum atomic E-state index is -0.281. The van der Waals surface area contributed by atoms with Crippen molar-refractivity contribution in [3.8, 4) is 0 Å². The maximum absolute atomic E-state index is 12.5. The van der Waals surface area contributed by atoms with Crippen LogP contribution in [0.3, 0.4) is 0 Å². The summed E-state index contributed by atoms with van der Waals surface area (Å²) in [6.45, 7) is 1.81. The van der Waals surface area contributed by atoms with Crippen LogP contribution in [-0.2, 0) is 17.6 Å². The Bertz CT molecular complexity index is 864. The van der Waals surface area contributed by atoms with Crippen LogP contribution >= 0.6 is 0 Å². The summed E-state index contributed by atoms with van der Waals surface area (Å²) in [4.78, 5) is 17.2. The Morgan fingerprint density at radius 1 is 1.00 bits per heavy atom. The van der Waals surface area contributed by atoms with Crippen LogP contribution in [0.15, 0.2) is 66.7 Å². The summed E-state index contributed by atoms with van der Waals surface area (Å²) < 4.78 is 0. The number of fused-ring (bicyclic) bond motifs is 1. The van der Waals surface area contributed by atoms with Crippen LogP contribution < -0.4 is 5.32 Å². The molecule has 26 heavy (non-hydrogen) atoms. The molecule has 0 aliphatic rings. The minimum Gasteiger partial charge on any atom is -0.394 e. The Morgan fingerprint density at radius 2 is 1.73 bits per heavy atom. The molecule has 2 atom stereocenters. The number of amides is 1. The van der Waals surface area contributed by atoms with Crippen LogP contribution in [0, 0.1) is 5.92 Å². The Balaban J connectivity index is 1.60. The van der Waals surface area contributed by atoms with E-state index in [0.717, 1.165) is 22.2 Å². The molecule has 2 aromatic carbocycles. The topological polar surface area (TPSA) is 62.2 Å². The number of rotatable bonds is 7. The maximum atomic E-state index is 12.5. The molecule has 1 heterocycles. The smallest absolute Gasteiger partial charge is 0.223 e. The van der Waals surface area contributed by atoms with Gasteiger partial charge in [-0.1, -0.05) is 61.5 Å². The zero-order valence-corrected chi connectivity index (χ0v) is 14.9. The van der Waals surface area contributed by atoms with E-state index in [1.54, 1.807) is 0 Å². The Labute approximate surface area is 153 Å². The fourth-order valence-corrected chi connectivity index (χ4v) is 3.03. The highest BCUT2D eigenvalue weighted by Gasteiger charge is 2.18. The monoisotopic (exact) mass is 348 g/mol. The van der Waals surface area contributed by atoms with E-state index in [1.807, 2.05) is 73.7 Å². The van der Waals surface area contributed by atoms with E-state index in [2.05, 4.69) is 10.3 Å². The van der Waals surface area contributed by atoms with Crippen molar-refractivity contribution in [3.05, 3.63) is 78.0 Å². The van der Waals surface area contributed by atoms with Crippen molar-refractivity contribution >= 4 is 16.8 Å². The molecular formula is C22H24N2O2. The van der Waals surface area contributed by atoms with Gasteiger partial charge in [0.15, 0.2) is 0 Å². The van der Waals surface area contributed by atoms with Gasteiger partial charge in [-0.3, -0.25) is 9.78 Å². The maximum Gasteiger partial charge on any atom is 0.223 e. The highest BCUT2D eigenvalue weighted by Crippen LogP contribution is 2.14. The number of carbonyl (C=O) groups is 1. The van der Waals surface area contributed by atoms with Crippen molar-refractivity contribution in [1.82, 2.24) is 10.3 Å². The third kappa shape index (κ3) is 4.67. The summed E-state index contributed by atoms with van der Waals surface area (Å²) in [5, 5.41) is 13.6. The molecule has 0 spiro atoms. The van der Waals surface area contributed by atoms with Crippen molar-refractivity contribution in [2.24, 2.45) is 5.92 Å². The minimum absolute atomic E-state index is 0.0602. The number of nitrogens with zero attached hydrogens (tertiary/aromatic N) is 1. The molecule has 2 unspecified atom stereocenters. The molecule has 0 aliphatic carbocycles. The second kappa shape index (κ2) is 8.59. The quantitative estimate of drug-likeness (QED) is 0.689. The molecule has 0 aliphatic heterocycles. The summed E-state index contributed by atoms with van der Waals surface area (Å²) in [6, 6.07) is 21.5. The number of nitrogens with one attached hydrogen (secondary N) is 1. The standard InChI is InChI=1S/C22H24N2O2/c1-16(13-19-12-11-18-9-5-6-10-21(18)23-19)22(26)24-20(15-25)14-17-7-3-2-4-8-17/h2-12,16,20,25H,13-15H2,1H3,(H,24,26). The first-order valence-corrected chi connectivity index (χ1v) is 8.95. The summed E-state index contributed by atoms with van der Waals surface area (Å²) in [7, 11) is 0. The molecule has 0 saturated heterocycles. The van der Waals surface area contributed by atoms with Gasteiger partial charge >= 0.3 is 0 Å². The zero-order chi connectivity index (χ0) is 18.4. The van der Waals surface area contributed by atoms with Crippen molar-refractivity contribution < 1.29 is 9.90 Å². The first kappa shape index (κ1) is 18.1. The lowest BCUT2D eigenvalue weighted by molar-refractivity contribution is -0.125. The second-order valence-electron chi connectivity index (χ2n) is 6.68. The molecule has 134 valence electrons. The van der Waals surface area contributed by atoms with Gasteiger partial charge in [0.2, 0.25) is 5.91 Å². The number of aromatic nitrogens is 1. The van der Waals surface area contributed by atoms with Crippen LogP contribution in [0.1, 0.15) is 18.2 Å². The third-order valence-corrected chi connectivity index (χ3v) is 4.51. The van der Waals surface area contributed by atoms with Gasteiger partial charge in [-0.15, -0.1) is 0 Å². The van der Waals surface area contributed by atoms with Gasteiger partial charge in [0.05, 0.1) is 18.2 Å². The average Bonchev–Trinajstić information content (AvgIpc) is 2.68. The predicted molar refractivity (Wildman–Crippen MR) is 104 cm³/mol. The number of benzene rings is 2. The molecule has 0 bridgehead atoms. The van der Waals surface area contributed by atoms with Crippen LogP contribution in [0.25, 0.3) is 10.9 Å². The normalized spacial score (nSPS) is 13.3. The largest absolute Gasteiger partial charge is 0.394 e. The van der Waals surface area contributed by atoms with Crippen molar-refractivity contribution in [3.63, 3.8) is 0 Å². The number of pyridine rings is 1. The van der Waals surface area contributed by atoms with Gasteiger partial charge < -0.3 is 10.4 Å². The first-order chi connectivity index (χ1) is 12.7. The van der Waals surface area contributed by atoms with Crippen molar-refractivity contribution in [1.29, 1.82) is 0 Å². The number of aliphatic hydroxyl groups is 1. The zero-order valence-electron chi connectivity index (χ0n) is 14.9. The Hall–Kier alpha value is -2.72. The lowest BCUT2D eigenvalue weighted by Gasteiger charge is -2.19. The molecule has 3 rings (SSSR count). The van der Waals surface area contributed by atoms with Crippen LogP contribution in [-0.4, -0.2) is 28.6 Å². The molecule has 4 heteroatoms. The van der Waals surface area contributed by atoms with E-state index in [1.165, 1.54) is 0 Å². The van der Waals surface area contributed by atoms with E-state index < -0.39 is 0 Å². The van der Waals surface area contributed by atoms with E-state index in [9.17, 15) is 9.90 Å².